The lowest BCUT2D eigenvalue weighted by atomic mass is 10.1. The van der Waals surface area contributed by atoms with Gasteiger partial charge >= 0.3 is 0 Å². The topological polar surface area (TPSA) is 58.3 Å². The zero-order valence-corrected chi connectivity index (χ0v) is 12.7. The Morgan fingerprint density at radius 2 is 2.42 bits per heavy atom. The maximum atomic E-state index is 10.0. The molecule has 0 aliphatic heterocycles. The van der Waals surface area contributed by atoms with Crippen molar-refractivity contribution in [3.63, 3.8) is 0 Å². The summed E-state index contributed by atoms with van der Waals surface area (Å²) in [4.78, 5) is 4.49. The summed E-state index contributed by atoms with van der Waals surface area (Å²) in [7, 11) is 0. The Labute approximate surface area is 121 Å². The third kappa shape index (κ3) is 4.35. The summed E-state index contributed by atoms with van der Waals surface area (Å²) in [6, 6.07) is 3.76. The average molecular weight is 298 g/mol. The fourth-order valence-electron chi connectivity index (χ4n) is 1.72. The van der Waals surface area contributed by atoms with Crippen molar-refractivity contribution in [1.29, 1.82) is 0 Å². The number of thiazole rings is 1. The van der Waals surface area contributed by atoms with E-state index in [0.29, 0.717) is 18.8 Å². The normalized spacial score (nSPS) is 14.5. The average Bonchev–Trinajstić information content (AvgIpc) is 2.98. The number of nitrogens with one attached hydrogen (secondary N) is 1. The first-order valence-corrected chi connectivity index (χ1v) is 8.28. The second-order valence-corrected chi connectivity index (χ2v) is 6.38. The van der Waals surface area contributed by atoms with E-state index >= 15 is 0 Å². The molecule has 0 bridgehead atoms. The van der Waals surface area contributed by atoms with Crippen molar-refractivity contribution >= 4 is 23.1 Å². The minimum Gasteiger partial charge on any atom is -0.462 e. The lowest BCUT2D eigenvalue weighted by Crippen LogP contribution is -2.39. The Balaban J connectivity index is 1.84. The van der Waals surface area contributed by atoms with Gasteiger partial charge in [0.15, 0.2) is 10.8 Å². The SMILES string of the molecule is CSCC(C)(O)CNCc1csc(-c2ccco2)n1. The largest absolute Gasteiger partial charge is 0.462 e. The van der Waals surface area contributed by atoms with Crippen LogP contribution in [-0.2, 0) is 6.54 Å². The molecule has 0 aliphatic carbocycles. The number of furan rings is 1. The fourth-order valence-corrected chi connectivity index (χ4v) is 3.23. The van der Waals surface area contributed by atoms with Crippen LogP contribution in [0.15, 0.2) is 28.2 Å². The summed E-state index contributed by atoms with van der Waals surface area (Å²) < 4.78 is 5.31. The van der Waals surface area contributed by atoms with Gasteiger partial charge in [-0.25, -0.2) is 4.98 Å². The number of thioether (sulfide) groups is 1. The second-order valence-electron chi connectivity index (χ2n) is 4.65. The van der Waals surface area contributed by atoms with Crippen molar-refractivity contribution in [1.82, 2.24) is 10.3 Å². The van der Waals surface area contributed by atoms with Crippen LogP contribution in [0.3, 0.4) is 0 Å². The lowest BCUT2D eigenvalue weighted by molar-refractivity contribution is 0.0845. The van der Waals surface area contributed by atoms with E-state index in [-0.39, 0.29) is 0 Å². The van der Waals surface area contributed by atoms with Crippen molar-refractivity contribution in [3.8, 4) is 10.8 Å². The summed E-state index contributed by atoms with van der Waals surface area (Å²) in [5.74, 6) is 1.51. The van der Waals surface area contributed by atoms with Crippen LogP contribution >= 0.6 is 23.1 Å². The molecule has 104 valence electrons. The maximum absolute atomic E-state index is 10.0. The molecule has 6 heteroatoms. The van der Waals surface area contributed by atoms with Crippen molar-refractivity contribution in [3.05, 3.63) is 29.5 Å². The summed E-state index contributed by atoms with van der Waals surface area (Å²) in [5.41, 5.74) is 0.288. The van der Waals surface area contributed by atoms with E-state index < -0.39 is 5.60 Å². The van der Waals surface area contributed by atoms with Crippen LogP contribution in [0.4, 0.5) is 0 Å². The molecule has 0 saturated carbocycles. The highest BCUT2D eigenvalue weighted by Gasteiger charge is 2.18. The zero-order chi connectivity index (χ0) is 13.7. The van der Waals surface area contributed by atoms with E-state index in [9.17, 15) is 5.11 Å². The number of hydrogen-bond acceptors (Lipinski definition) is 6. The van der Waals surface area contributed by atoms with E-state index in [4.69, 9.17) is 4.42 Å². The first kappa shape index (κ1) is 14.6. The van der Waals surface area contributed by atoms with Crippen molar-refractivity contribution < 1.29 is 9.52 Å². The van der Waals surface area contributed by atoms with E-state index in [2.05, 4.69) is 10.3 Å². The summed E-state index contributed by atoms with van der Waals surface area (Å²) in [6.07, 6.45) is 3.64. The van der Waals surface area contributed by atoms with E-state index in [0.717, 1.165) is 16.5 Å². The molecular weight excluding hydrogens is 280 g/mol. The molecule has 2 aromatic rings. The van der Waals surface area contributed by atoms with Gasteiger partial charge in [0.1, 0.15) is 0 Å². The molecular formula is C13H18N2O2S2. The first-order chi connectivity index (χ1) is 9.11. The van der Waals surface area contributed by atoms with Crippen LogP contribution in [-0.4, -0.2) is 34.2 Å². The molecule has 1 atom stereocenters. The molecule has 0 saturated heterocycles. The fraction of sp³-hybridized carbons (Fsp3) is 0.462. The highest BCUT2D eigenvalue weighted by Crippen LogP contribution is 2.23. The molecule has 0 fully saturated rings. The maximum Gasteiger partial charge on any atom is 0.162 e. The van der Waals surface area contributed by atoms with E-state index in [1.807, 2.05) is 30.7 Å². The standard InChI is InChI=1S/C13H18N2O2S2/c1-13(16,9-18-2)8-14-6-10-7-19-12(15-10)11-4-3-5-17-11/h3-5,7,14,16H,6,8-9H2,1-2H3. The minimum absolute atomic E-state index is 0.557. The first-order valence-electron chi connectivity index (χ1n) is 6.01. The predicted molar refractivity (Wildman–Crippen MR) is 80.5 cm³/mol. The molecule has 4 nitrogen and oxygen atoms in total. The zero-order valence-electron chi connectivity index (χ0n) is 11.0. The second kappa shape index (κ2) is 6.56. The molecule has 1 unspecified atom stereocenters. The Kier molecular flexibility index (Phi) is 5.04. The van der Waals surface area contributed by atoms with Crippen molar-refractivity contribution in [2.24, 2.45) is 0 Å². The molecule has 2 heterocycles. The van der Waals surface area contributed by atoms with Crippen LogP contribution in [0.2, 0.25) is 0 Å². The Morgan fingerprint density at radius 1 is 1.58 bits per heavy atom. The van der Waals surface area contributed by atoms with Crippen LogP contribution in [0.5, 0.6) is 0 Å². The van der Waals surface area contributed by atoms with Gasteiger partial charge in [-0.15, -0.1) is 11.3 Å². The monoisotopic (exact) mass is 298 g/mol. The van der Waals surface area contributed by atoms with Crippen molar-refractivity contribution in [2.45, 2.75) is 19.1 Å². The third-order valence-corrected chi connectivity index (χ3v) is 4.37. The quantitative estimate of drug-likeness (QED) is 0.823. The molecule has 2 aromatic heterocycles. The Morgan fingerprint density at radius 3 is 3.11 bits per heavy atom. The predicted octanol–water partition coefficient (Wildman–Crippen LogP) is 2.61. The number of nitrogens with zero attached hydrogens (tertiary/aromatic N) is 1. The number of rotatable bonds is 7. The van der Waals surface area contributed by atoms with Crippen LogP contribution in [0.1, 0.15) is 12.6 Å². The summed E-state index contributed by atoms with van der Waals surface area (Å²) >= 11 is 3.21. The smallest absolute Gasteiger partial charge is 0.162 e. The van der Waals surface area contributed by atoms with Gasteiger partial charge in [0.05, 0.1) is 17.6 Å². The third-order valence-electron chi connectivity index (χ3n) is 2.55. The van der Waals surface area contributed by atoms with Crippen molar-refractivity contribution in [2.75, 3.05) is 18.6 Å². The number of hydrogen-bond donors (Lipinski definition) is 2. The van der Waals surface area contributed by atoms with Gasteiger partial charge in [0.2, 0.25) is 0 Å². The van der Waals surface area contributed by atoms with Gasteiger partial charge in [0, 0.05) is 24.2 Å². The van der Waals surface area contributed by atoms with Crippen LogP contribution in [0, 0.1) is 0 Å². The van der Waals surface area contributed by atoms with Crippen LogP contribution < -0.4 is 5.32 Å². The molecule has 0 aromatic carbocycles. The van der Waals surface area contributed by atoms with Gasteiger partial charge in [-0.3, -0.25) is 0 Å². The molecule has 0 aliphatic rings. The molecule has 2 rings (SSSR count). The molecule has 2 N–H and O–H groups in total. The Bertz CT molecular complexity index is 494. The summed E-state index contributed by atoms with van der Waals surface area (Å²) in [5, 5.41) is 16.2. The number of aliphatic hydroxyl groups is 1. The number of aromatic nitrogens is 1. The lowest BCUT2D eigenvalue weighted by Gasteiger charge is -2.22. The van der Waals surface area contributed by atoms with E-state index in [1.54, 1.807) is 29.4 Å². The van der Waals surface area contributed by atoms with Gasteiger partial charge in [-0.2, -0.15) is 11.8 Å². The highest BCUT2D eigenvalue weighted by atomic mass is 32.2. The highest BCUT2D eigenvalue weighted by molar-refractivity contribution is 7.98. The van der Waals surface area contributed by atoms with Crippen LogP contribution in [0.25, 0.3) is 10.8 Å². The summed E-state index contributed by atoms with van der Waals surface area (Å²) in [6.45, 7) is 3.05. The van der Waals surface area contributed by atoms with Gasteiger partial charge in [0.25, 0.3) is 0 Å². The van der Waals surface area contributed by atoms with Gasteiger partial charge < -0.3 is 14.8 Å². The molecule has 19 heavy (non-hydrogen) atoms. The van der Waals surface area contributed by atoms with Gasteiger partial charge in [-0.05, 0) is 25.3 Å². The Hall–Kier alpha value is -0.820. The molecule has 0 radical (unpaired) electrons. The molecule has 0 spiro atoms. The minimum atomic E-state index is -0.681. The van der Waals surface area contributed by atoms with E-state index in [1.165, 1.54) is 0 Å². The molecule has 0 amide bonds. The van der Waals surface area contributed by atoms with Gasteiger partial charge in [-0.1, -0.05) is 0 Å².